The zero-order valence-electron chi connectivity index (χ0n) is 17.5. The van der Waals surface area contributed by atoms with Gasteiger partial charge in [-0.15, -0.1) is 0 Å². The number of aryl methyl sites for hydroxylation is 1. The number of benzene rings is 2. The van der Waals surface area contributed by atoms with Crippen LogP contribution in [0.2, 0.25) is 0 Å². The molecule has 0 saturated carbocycles. The van der Waals surface area contributed by atoms with Crippen molar-refractivity contribution in [3.8, 4) is 5.88 Å². The molecule has 1 unspecified atom stereocenters. The smallest absolute Gasteiger partial charge is 0.198 e. The summed E-state index contributed by atoms with van der Waals surface area (Å²) in [5.41, 5.74) is 3.80. The fourth-order valence-corrected chi connectivity index (χ4v) is 3.55. The molecule has 0 bridgehead atoms. The fraction of sp³-hybridized carbons (Fsp3) is 0.348. The number of aromatic amines is 1. The molecular formula is C23H29FN4O. The number of aromatic nitrogens is 1. The van der Waals surface area contributed by atoms with Crippen molar-refractivity contribution in [3.63, 3.8) is 0 Å². The van der Waals surface area contributed by atoms with Crippen LogP contribution in [-0.2, 0) is 0 Å². The molecule has 154 valence electrons. The molecule has 3 aromatic rings. The van der Waals surface area contributed by atoms with Crippen LogP contribution in [0.4, 0.5) is 15.8 Å². The number of aromatic hydroxyl groups is 1. The summed E-state index contributed by atoms with van der Waals surface area (Å²) in [5.74, 6) is -0.479. The van der Waals surface area contributed by atoms with Gasteiger partial charge in [0.25, 0.3) is 0 Å². The fourth-order valence-electron chi connectivity index (χ4n) is 3.55. The summed E-state index contributed by atoms with van der Waals surface area (Å²) in [4.78, 5) is 9.62. The van der Waals surface area contributed by atoms with Crippen molar-refractivity contribution in [2.45, 2.75) is 33.7 Å². The van der Waals surface area contributed by atoms with E-state index in [4.69, 9.17) is 0 Å². The zero-order valence-corrected chi connectivity index (χ0v) is 17.5. The first-order valence-electron chi connectivity index (χ1n) is 10.1. The number of hydrogen-bond donors (Lipinski definition) is 3. The van der Waals surface area contributed by atoms with E-state index in [9.17, 15) is 9.50 Å². The Morgan fingerprint density at radius 3 is 2.69 bits per heavy atom. The quantitative estimate of drug-likeness (QED) is 0.458. The molecule has 0 amide bonds. The average Bonchev–Trinajstić information content (AvgIpc) is 3.02. The van der Waals surface area contributed by atoms with Gasteiger partial charge < -0.3 is 20.3 Å². The lowest BCUT2D eigenvalue weighted by molar-refractivity contribution is 0.295. The van der Waals surface area contributed by atoms with Gasteiger partial charge in [-0.3, -0.25) is 4.99 Å². The van der Waals surface area contributed by atoms with Crippen molar-refractivity contribution in [1.82, 2.24) is 9.88 Å². The van der Waals surface area contributed by atoms with E-state index in [1.165, 1.54) is 12.3 Å². The van der Waals surface area contributed by atoms with Gasteiger partial charge in [0.1, 0.15) is 5.82 Å². The molecule has 0 spiro atoms. The number of nitrogens with zero attached hydrogens (tertiary/aromatic N) is 2. The molecule has 0 fully saturated rings. The molecular weight excluding hydrogens is 367 g/mol. The maximum Gasteiger partial charge on any atom is 0.198 e. The van der Waals surface area contributed by atoms with E-state index in [1.807, 2.05) is 25.1 Å². The normalized spacial score (nSPS) is 12.9. The lowest BCUT2D eigenvalue weighted by Gasteiger charge is -2.24. The van der Waals surface area contributed by atoms with Crippen molar-refractivity contribution in [3.05, 3.63) is 53.3 Å². The van der Waals surface area contributed by atoms with Crippen LogP contribution in [-0.4, -0.2) is 46.9 Å². The number of rotatable bonds is 8. The largest absolute Gasteiger partial charge is 0.494 e. The van der Waals surface area contributed by atoms with E-state index in [1.54, 1.807) is 12.1 Å². The Bertz CT molecular complexity index is 1010. The van der Waals surface area contributed by atoms with Gasteiger partial charge in [0.15, 0.2) is 5.88 Å². The Balaban J connectivity index is 1.77. The number of fused-ring (bicyclic) bond motifs is 1. The monoisotopic (exact) mass is 396 g/mol. The van der Waals surface area contributed by atoms with Crippen molar-refractivity contribution >= 4 is 28.5 Å². The molecule has 0 radical (unpaired) electrons. The van der Waals surface area contributed by atoms with Gasteiger partial charge in [-0.2, -0.15) is 0 Å². The summed E-state index contributed by atoms with van der Waals surface area (Å²) in [7, 11) is 0. The maximum atomic E-state index is 14.2. The molecule has 1 atom stereocenters. The van der Waals surface area contributed by atoms with Gasteiger partial charge in [0, 0.05) is 29.9 Å². The second kappa shape index (κ2) is 9.09. The Morgan fingerprint density at radius 1 is 1.24 bits per heavy atom. The number of aliphatic imine (C=N–C) groups is 1. The molecule has 5 nitrogen and oxygen atoms in total. The Labute approximate surface area is 171 Å². The highest BCUT2D eigenvalue weighted by atomic mass is 19.1. The molecule has 0 aliphatic rings. The van der Waals surface area contributed by atoms with Crippen molar-refractivity contribution in [1.29, 1.82) is 0 Å². The maximum absolute atomic E-state index is 14.2. The third-order valence-electron chi connectivity index (χ3n) is 5.17. The lowest BCUT2D eigenvalue weighted by Crippen LogP contribution is -2.34. The van der Waals surface area contributed by atoms with Crippen LogP contribution in [0.15, 0.2) is 41.4 Å². The van der Waals surface area contributed by atoms with E-state index in [0.717, 1.165) is 36.6 Å². The van der Waals surface area contributed by atoms with E-state index < -0.39 is 5.82 Å². The number of anilines is 1. The number of hydrogen-bond acceptors (Lipinski definition) is 4. The van der Waals surface area contributed by atoms with E-state index in [-0.39, 0.29) is 5.88 Å². The Kier molecular flexibility index (Phi) is 6.54. The average molecular weight is 397 g/mol. The molecule has 0 saturated heterocycles. The predicted molar refractivity (Wildman–Crippen MR) is 119 cm³/mol. The van der Waals surface area contributed by atoms with Crippen LogP contribution in [0.25, 0.3) is 10.9 Å². The lowest BCUT2D eigenvalue weighted by atomic mass is 10.1. The van der Waals surface area contributed by atoms with Crippen molar-refractivity contribution in [2.75, 3.05) is 25.0 Å². The molecule has 0 aliphatic carbocycles. The first kappa shape index (κ1) is 20.9. The zero-order chi connectivity index (χ0) is 21.0. The first-order valence-corrected chi connectivity index (χ1v) is 10.1. The van der Waals surface area contributed by atoms with Crippen LogP contribution in [0.5, 0.6) is 5.88 Å². The third-order valence-corrected chi connectivity index (χ3v) is 5.17. The minimum absolute atomic E-state index is 0.0888. The van der Waals surface area contributed by atoms with Gasteiger partial charge >= 0.3 is 0 Å². The predicted octanol–water partition coefficient (Wildman–Crippen LogP) is 5.21. The number of halogens is 1. The minimum atomic E-state index is -0.390. The van der Waals surface area contributed by atoms with E-state index in [0.29, 0.717) is 22.5 Å². The molecule has 0 aliphatic heterocycles. The third kappa shape index (κ3) is 4.77. The minimum Gasteiger partial charge on any atom is -0.494 e. The number of H-pyrrole nitrogens is 1. The molecule has 29 heavy (non-hydrogen) atoms. The van der Waals surface area contributed by atoms with Gasteiger partial charge in [0.05, 0.1) is 16.8 Å². The number of nitrogens with one attached hydrogen (secondary N) is 2. The van der Waals surface area contributed by atoms with Crippen molar-refractivity contribution < 1.29 is 9.50 Å². The summed E-state index contributed by atoms with van der Waals surface area (Å²) >= 11 is 0. The first-order chi connectivity index (χ1) is 13.9. The second-order valence-corrected chi connectivity index (χ2v) is 7.34. The summed E-state index contributed by atoms with van der Waals surface area (Å²) in [6, 6.07) is 10.9. The summed E-state index contributed by atoms with van der Waals surface area (Å²) < 4.78 is 14.2. The van der Waals surface area contributed by atoms with Gasteiger partial charge in [0.2, 0.25) is 0 Å². The van der Waals surface area contributed by atoms with Crippen LogP contribution < -0.4 is 5.32 Å². The molecule has 3 rings (SSSR count). The van der Waals surface area contributed by atoms with Gasteiger partial charge in [-0.05, 0) is 62.8 Å². The summed E-state index contributed by atoms with van der Waals surface area (Å²) in [6.07, 6.45) is 1.50. The molecule has 1 aromatic heterocycles. The SMILES string of the molecule is CCN(CC)CC(C)Nc1ccc(N=Cc2c(O)[nH]c3cccc(F)c23)cc1C. The van der Waals surface area contributed by atoms with Crippen LogP contribution in [0.1, 0.15) is 31.9 Å². The van der Waals surface area contributed by atoms with E-state index in [2.05, 4.69) is 41.0 Å². The molecule has 3 N–H and O–H groups in total. The van der Waals surface area contributed by atoms with Crippen LogP contribution in [0.3, 0.4) is 0 Å². The molecule has 6 heteroatoms. The number of likely N-dealkylation sites (N-methyl/N-ethyl adjacent to an activating group) is 1. The highest BCUT2D eigenvalue weighted by Gasteiger charge is 2.13. The van der Waals surface area contributed by atoms with Gasteiger partial charge in [-0.25, -0.2) is 4.39 Å². The van der Waals surface area contributed by atoms with Crippen molar-refractivity contribution in [2.24, 2.45) is 4.99 Å². The Morgan fingerprint density at radius 2 is 2.00 bits per heavy atom. The van der Waals surface area contributed by atoms with Crippen LogP contribution >= 0.6 is 0 Å². The topological polar surface area (TPSA) is 63.6 Å². The Hall–Kier alpha value is -2.86. The standard InChI is InChI=1S/C23H29FN4O/c1-5-28(6-2)14-16(4)26-20-11-10-17(12-15(20)3)25-13-18-22-19(24)8-7-9-21(22)27-23(18)29/h7-13,16,26-27,29H,5-6,14H2,1-4H3. The van der Waals surface area contributed by atoms with Crippen LogP contribution in [0, 0.1) is 12.7 Å². The van der Waals surface area contributed by atoms with Gasteiger partial charge in [-0.1, -0.05) is 19.9 Å². The molecule has 1 heterocycles. The van der Waals surface area contributed by atoms with E-state index >= 15 is 0 Å². The highest BCUT2D eigenvalue weighted by molar-refractivity contribution is 6.02. The highest BCUT2D eigenvalue weighted by Crippen LogP contribution is 2.29. The molecule has 2 aromatic carbocycles. The summed E-state index contributed by atoms with van der Waals surface area (Å²) in [5, 5.41) is 14.0. The summed E-state index contributed by atoms with van der Waals surface area (Å²) in [6.45, 7) is 11.6. The second-order valence-electron chi connectivity index (χ2n) is 7.34.